The fraction of sp³-hybridized carbons (Fsp3) is 0.333. The fourth-order valence-corrected chi connectivity index (χ4v) is 2.05. The average molecular weight is 298 g/mol. The van der Waals surface area contributed by atoms with Crippen molar-refractivity contribution in [1.29, 1.82) is 0 Å². The largest absolute Gasteiger partial charge is 0.477 e. The monoisotopic (exact) mass is 298 g/mol. The van der Waals surface area contributed by atoms with Crippen molar-refractivity contribution in [1.82, 2.24) is 10.3 Å². The van der Waals surface area contributed by atoms with E-state index >= 15 is 0 Å². The summed E-state index contributed by atoms with van der Waals surface area (Å²) < 4.78 is 5.71. The molecule has 0 saturated heterocycles. The van der Waals surface area contributed by atoms with Crippen LogP contribution < -0.4 is 10.1 Å². The first-order valence-electron chi connectivity index (χ1n) is 7.61. The number of rotatable bonds is 6. The Labute approximate surface area is 131 Å². The predicted octanol–water partition coefficient (Wildman–Crippen LogP) is 3.56. The Morgan fingerprint density at radius 2 is 2.14 bits per heavy atom. The number of hydrogen-bond donors (Lipinski definition) is 1. The second-order valence-corrected chi connectivity index (χ2v) is 5.42. The van der Waals surface area contributed by atoms with Gasteiger partial charge in [0, 0.05) is 23.1 Å². The van der Waals surface area contributed by atoms with Crippen molar-refractivity contribution >= 4 is 22.9 Å². The van der Waals surface area contributed by atoms with E-state index in [0.29, 0.717) is 12.5 Å². The number of pyridine rings is 1. The molecule has 1 aromatic carbocycles. The third-order valence-electron chi connectivity index (χ3n) is 3.00. The van der Waals surface area contributed by atoms with Gasteiger partial charge in [-0.25, -0.2) is 4.98 Å². The van der Waals surface area contributed by atoms with E-state index in [2.05, 4.69) is 10.3 Å². The third-order valence-corrected chi connectivity index (χ3v) is 3.00. The van der Waals surface area contributed by atoms with E-state index in [-0.39, 0.29) is 11.9 Å². The molecule has 2 aromatic rings. The van der Waals surface area contributed by atoms with Crippen LogP contribution >= 0.6 is 0 Å². The van der Waals surface area contributed by atoms with E-state index < -0.39 is 0 Å². The molecule has 1 N–H and O–H groups in total. The van der Waals surface area contributed by atoms with Gasteiger partial charge in [-0.15, -0.1) is 0 Å². The molecule has 0 bridgehead atoms. The number of carbonyl (C=O) groups is 1. The van der Waals surface area contributed by atoms with Crippen LogP contribution in [0.4, 0.5) is 0 Å². The fourth-order valence-electron chi connectivity index (χ4n) is 2.05. The number of hydrogen-bond acceptors (Lipinski definition) is 3. The van der Waals surface area contributed by atoms with Crippen LogP contribution in [0.2, 0.25) is 0 Å². The summed E-state index contributed by atoms with van der Waals surface area (Å²) in [6.07, 6.45) is 4.18. The Balaban J connectivity index is 2.32. The number of ether oxygens (including phenoxy) is 1. The van der Waals surface area contributed by atoms with Gasteiger partial charge in [0.15, 0.2) is 0 Å². The molecule has 2 rings (SSSR count). The summed E-state index contributed by atoms with van der Waals surface area (Å²) in [6.45, 7) is 6.51. The van der Waals surface area contributed by atoms with Gasteiger partial charge in [0.25, 0.3) is 0 Å². The van der Waals surface area contributed by atoms with Crippen molar-refractivity contribution in [3.05, 3.63) is 42.0 Å². The first-order valence-corrected chi connectivity index (χ1v) is 7.61. The molecule has 0 atom stereocenters. The molecule has 0 aliphatic heterocycles. The van der Waals surface area contributed by atoms with Crippen molar-refractivity contribution in [3.8, 4) is 5.88 Å². The van der Waals surface area contributed by atoms with Gasteiger partial charge >= 0.3 is 0 Å². The maximum absolute atomic E-state index is 11.8. The molecule has 0 radical (unpaired) electrons. The summed E-state index contributed by atoms with van der Waals surface area (Å²) in [6, 6.07) is 9.97. The number of benzene rings is 1. The zero-order chi connectivity index (χ0) is 15.9. The predicted molar refractivity (Wildman–Crippen MR) is 89.8 cm³/mol. The number of nitrogens with one attached hydrogen (secondary N) is 1. The lowest BCUT2D eigenvalue weighted by Crippen LogP contribution is -2.28. The van der Waals surface area contributed by atoms with E-state index in [0.717, 1.165) is 22.9 Å². The summed E-state index contributed by atoms with van der Waals surface area (Å²) in [5.41, 5.74) is 1.70. The molecule has 1 amide bonds. The summed E-state index contributed by atoms with van der Waals surface area (Å²) in [5, 5.41) is 3.85. The second-order valence-electron chi connectivity index (χ2n) is 5.42. The molecule has 116 valence electrons. The standard InChI is InChI=1S/C18H22N2O2/c1-4-11-22-18-15(9-10-17(21)19-13(2)3)12-14-7-5-6-8-16(14)20-18/h5-10,12-13H,4,11H2,1-3H3,(H,19,21)/b10-9+. The SMILES string of the molecule is CCCOc1nc2ccccc2cc1/C=C/C(=O)NC(C)C. The normalized spacial score (nSPS) is 11.3. The second kappa shape index (κ2) is 7.59. The summed E-state index contributed by atoms with van der Waals surface area (Å²) in [4.78, 5) is 16.3. The summed E-state index contributed by atoms with van der Waals surface area (Å²) in [5.74, 6) is 0.443. The molecule has 4 heteroatoms. The highest BCUT2D eigenvalue weighted by molar-refractivity contribution is 5.93. The maximum atomic E-state index is 11.8. The van der Waals surface area contributed by atoms with E-state index in [1.807, 2.05) is 51.1 Å². The van der Waals surface area contributed by atoms with Crippen LogP contribution in [0.1, 0.15) is 32.8 Å². The van der Waals surface area contributed by atoms with E-state index in [4.69, 9.17) is 4.74 Å². The Morgan fingerprint density at radius 3 is 2.86 bits per heavy atom. The van der Waals surface area contributed by atoms with Crippen molar-refractivity contribution < 1.29 is 9.53 Å². The molecule has 4 nitrogen and oxygen atoms in total. The number of amides is 1. The van der Waals surface area contributed by atoms with Crippen LogP contribution in [-0.2, 0) is 4.79 Å². The number of carbonyl (C=O) groups excluding carboxylic acids is 1. The van der Waals surface area contributed by atoms with Gasteiger partial charge in [0.2, 0.25) is 11.8 Å². The molecule has 22 heavy (non-hydrogen) atoms. The number of para-hydroxylation sites is 1. The van der Waals surface area contributed by atoms with Crippen molar-refractivity contribution in [2.75, 3.05) is 6.61 Å². The van der Waals surface area contributed by atoms with Crippen LogP contribution in [0, 0.1) is 0 Å². The molecule has 0 fully saturated rings. The lowest BCUT2D eigenvalue weighted by atomic mass is 10.1. The quantitative estimate of drug-likeness (QED) is 0.830. The molecule has 0 unspecified atom stereocenters. The molecular formula is C18H22N2O2. The average Bonchev–Trinajstić information content (AvgIpc) is 2.49. The minimum atomic E-state index is -0.121. The highest BCUT2D eigenvalue weighted by atomic mass is 16.5. The Kier molecular flexibility index (Phi) is 5.53. The Hall–Kier alpha value is -2.36. The third kappa shape index (κ3) is 4.32. The van der Waals surface area contributed by atoms with Gasteiger partial charge in [-0.05, 0) is 38.5 Å². The first-order chi connectivity index (χ1) is 10.6. The van der Waals surface area contributed by atoms with Crippen molar-refractivity contribution in [3.63, 3.8) is 0 Å². The Bertz CT molecular complexity index is 678. The molecule has 0 aliphatic carbocycles. The summed E-state index contributed by atoms with van der Waals surface area (Å²) in [7, 11) is 0. The molecule has 0 spiro atoms. The van der Waals surface area contributed by atoms with Gasteiger partial charge in [0.05, 0.1) is 12.1 Å². The van der Waals surface area contributed by atoms with Crippen LogP contribution in [-0.4, -0.2) is 23.5 Å². The van der Waals surface area contributed by atoms with Crippen molar-refractivity contribution in [2.45, 2.75) is 33.2 Å². The molecule has 1 heterocycles. The zero-order valence-corrected chi connectivity index (χ0v) is 13.3. The highest BCUT2D eigenvalue weighted by Crippen LogP contribution is 2.23. The van der Waals surface area contributed by atoms with Crippen LogP contribution in [0.5, 0.6) is 5.88 Å². The van der Waals surface area contributed by atoms with Gasteiger partial charge in [-0.3, -0.25) is 4.79 Å². The maximum Gasteiger partial charge on any atom is 0.244 e. The van der Waals surface area contributed by atoms with Gasteiger partial charge in [-0.1, -0.05) is 25.1 Å². The highest BCUT2D eigenvalue weighted by Gasteiger charge is 2.07. The minimum absolute atomic E-state index is 0.114. The zero-order valence-electron chi connectivity index (χ0n) is 13.3. The lowest BCUT2D eigenvalue weighted by molar-refractivity contribution is -0.116. The number of aromatic nitrogens is 1. The molecule has 0 saturated carbocycles. The first kappa shape index (κ1) is 16.0. The molecule has 0 aliphatic rings. The minimum Gasteiger partial charge on any atom is -0.477 e. The van der Waals surface area contributed by atoms with Gasteiger partial charge in [-0.2, -0.15) is 0 Å². The van der Waals surface area contributed by atoms with Gasteiger partial charge < -0.3 is 10.1 Å². The van der Waals surface area contributed by atoms with Gasteiger partial charge in [0.1, 0.15) is 0 Å². The molecule has 1 aromatic heterocycles. The van der Waals surface area contributed by atoms with Crippen LogP contribution in [0.25, 0.3) is 17.0 Å². The smallest absolute Gasteiger partial charge is 0.244 e. The number of fused-ring (bicyclic) bond motifs is 1. The van der Waals surface area contributed by atoms with Crippen molar-refractivity contribution in [2.24, 2.45) is 0 Å². The Morgan fingerprint density at radius 1 is 1.36 bits per heavy atom. The molecular weight excluding hydrogens is 276 g/mol. The van der Waals surface area contributed by atoms with E-state index in [1.54, 1.807) is 6.08 Å². The lowest BCUT2D eigenvalue weighted by Gasteiger charge is -2.09. The van der Waals surface area contributed by atoms with E-state index in [1.165, 1.54) is 6.08 Å². The summed E-state index contributed by atoms with van der Waals surface area (Å²) >= 11 is 0. The van der Waals surface area contributed by atoms with Crippen LogP contribution in [0.15, 0.2) is 36.4 Å². The van der Waals surface area contributed by atoms with E-state index in [9.17, 15) is 4.79 Å². The number of nitrogens with zero attached hydrogens (tertiary/aromatic N) is 1. The van der Waals surface area contributed by atoms with Crippen LogP contribution in [0.3, 0.4) is 0 Å². The topological polar surface area (TPSA) is 51.2 Å².